The van der Waals surface area contributed by atoms with Crippen molar-refractivity contribution in [1.82, 2.24) is 0 Å². The number of aliphatic carboxylic acids is 1. The molecule has 0 aliphatic rings. The SMILES string of the molecule is CCCC/C=C(/CCCC(C)(O)CCCC(C)C(=O)O)COc1c(CCC(C)CCC=C(C)C)ccc(C)c1C. The second-order valence-electron chi connectivity index (χ2n) is 12.8. The van der Waals surface area contributed by atoms with Gasteiger partial charge in [-0.25, -0.2) is 0 Å². The first-order valence-electron chi connectivity index (χ1n) is 15.8. The average molecular weight is 557 g/mol. The molecule has 3 atom stereocenters. The Morgan fingerprint density at radius 3 is 2.35 bits per heavy atom. The average Bonchev–Trinajstić information content (AvgIpc) is 2.87. The highest BCUT2D eigenvalue weighted by molar-refractivity contribution is 5.69. The van der Waals surface area contributed by atoms with Crippen LogP contribution in [0.15, 0.2) is 35.4 Å². The van der Waals surface area contributed by atoms with Gasteiger partial charge >= 0.3 is 5.97 Å². The van der Waals surface area contributed by atoms with E-state index in [0.29, 0.717) is 31.8 Å². The van der Waals surface area contributed by atoms with Gasteiger partial charge < -0.3 is 14.9 Å². The van der Waals surface area contributed by atoms with E-state index in [1.165, 1.54) is 47.1 Å². The number of aryl methyl sites for hydroxylation is 2. The molecule has 1 aromatic carbocycles. The minimum Gasteiger partial charge on any atom is -0.489 e. The molecule has 0 bridgehead atoms. The summed E-state index contributed by atoms with van der Waals surface area (Å²) in [4.78, 5) is 11.1. The van der Waals surface area contributed by atoms with Crippen LogP contribution in [0.3, 0.4) is 0 Å². The second kappa shape index (κ2) is 19.1. The highest BCUT2D eigenvalue weighted by atomic mass is 16.5. The van der Waals surface area contributed by atoms with Crippen molar-refractivity contribution in [2.24, 2.45) is 11.8 Å². The van der Waals surface area contributed by atoms with Gasteiger partial charge in [0, 0.05) is 0 Å². The standard InChI is InChI=1S/C36H60O4/c1-9-10-11-18-32(19-14-25-36(8,39)24-13-17-30(6)35(37)38)26-40-34-31(7)29(5)21-23-33(34)22-20-28(4)16-12-15-27(2)3/h15,18,21,23,28,30,39H,9-14,16-17,19-20,22,24-26H2,1-8H3,(H,37,38)/b32-18-. The molecule has 0 saturated carbocycles. The Morgan fingerprint density at radius 2 is 1.70 bits per heavy atom. The summed E-state index contributed by atoms with van der Waals surface area (Å²) in [6, 6.07) is 4.48. The largest absolute Gasteiger partial charge is 0.489 e. The Balaban J connectivity index is 2.79. The summed E-state index contributed by atoms with van der Waals surface area (Å²) in [6.07, 6.45) is 17.1. The number of rotatable bonds is 21. The molecule has 0 radical (unpaired) electrons. The van der Waals surface area contributed by atoms with Crippen LogP contribution in [-0.4, -0.2) is 28.4 Å². The number of carbonyl (C=O) groups is 1. The van der Waals surface area contributed by atoms with Crippen LogP contribution in [0.5, 0.6) is 5.75 Å². The minimum absolute atomic E-state index is 0.360. The first-order chi connectivity index (χ1) is 18.9. The molecule has 0 spiro atoms. The first-order valence-corrected chi connectivity index (χ1v) is 15.8. The van der Waals surface area contributed by atoms with Crippen LogP contribution in [0, 0.1) is 25.7 Å². The Hall–Kier alpha value is -2.07. The third-order valence-corrected chi connectivity index (χ3v) is 8.26. The van der Waals surface area contributed by atoms with E-state index in [1.807, 2.05) is 6.92 Å². The molecule has 0 amide bonds. The van der Waals surface area contributed by atoms with Crippen molar-refractivity contribution in [3.05, 3.63) is 52.1 Å². The van der Waals surface area contributed by atoms with Gasteiger partial charge in [0.15, 0.2) is 0 Å². The van der Waals surface area contributed by atoms with Gasteiger partial charge in [0.05, 0.1) is 11.5 Å². The second-order valence-corrected chi connectivity index (χ2v) is 12.8. The lowest BCUT2D eigenvalue weighted by molar-refractivity contribution is -0.141. The van der Waals surface area contributed by atoms with Gasteiger partial charge in [0.2, 0.25) is 0 Å². The van der Waals surface area contributed by atoms with E-state index in [4.69, 9.17) is 9.84 Å². The Bertz CT molecular complexity index is 936. The first kappa shape index (κ1) is 36.0. The maximum Gasteiger partial charge on any atom is 0.306 e. The third-order valence-electron chi connectivity index (χ3n) is 8.26. The molecule has 0 aliphatic heterocycles. The fourth-order valence-corrected chi connectivity index (χ4v) is 5.09. The van der Waals surface area contributed by atoms with Gasteiger partial charge in [-0.2, -0.15) is 0 Å². The van der Waals surface area contributed by atoms with Crippen molar-refractivity contribution in [3.63, 3.8) is 0 Å². The van der Waals surface area contributed by atoms with E-state index in [2.05, 4.69) is 65.8 Å². The maximum absolute atomic E-state index is 11.1. The van der Waals surface area contributed by atoms with Crippen LogP contribution in [-0.2, 0) is 11.2 Å². The quantitative estimate of drug-likeness (QED) is 0.117. The molecule has 0 aromatic heterocycles. The van der Waals surface area contributed by atoms with Crippen LogP contribution in [0.1, 0.15) is 135 Å². The molecule has 3 unspecified atom stereocenters. The van der Waals surface area contributed by atoms with Crippen molar-refractivity contribution >= 4 is 5.97 Å². The Kier molecular flexibility index (Phi) is 17.2. The Labute approximate surface area is 246 Å². The summed E-state index contributed by atoms with van der Waals surface area (Å²) in [5.41, 5.74) is 5.75. The molecule has 1 rings (SSSR count). The molecule has 4 heteroatoms. The monoisotopic (exact) mass is 556 g/mol. The summed E-state index contributed by atoms with van der Waals surface area (Å²) in [6.45, 7) is 17.5. The van der Waals surface area contributed by atoms with Crippen molar-refractivity contribution in [1.29, 1.82) is 0 Å². The number of carboxylic acid groups (broad SMARTS) is 1. The molecule has 0 heterocycles. The normalized spacial score (nSPS) is 14.9. The number of unbranched alkanes of at least 4 members (excludes halogenated alkanes) is 2. The molecule has 1 aromatic rings. The lowest BCUT2D eigenvalue weighted by Crippen LogP contribution is -2.24. The molecule has 0 fully saturated rings. The smallest absolute Gasteiger partial charge is 0.306 e. The molecule has 228 valence electrons. The summed E-state index contributed by atoms with van der Waals surface area (Å²) in [7, 11) is 0. The van der Waals surface area contributed by atoms with E-state index in [-0.39, 0.29) is 5.92 Å². The predicted octanol–water partition coefficient (Wildman–Crippen LogP) is 9.93. The predicted molar refractivity (Wildman–Crippen MR) is 170 cm³/mol. The lowest BCUT2D eigenvalue weighted by Gasteiger charge is -2.24. The zero-order valence-electron chi connectivity index (χ0n) is 27.1. The van der Waals surface area contributed by atoms with Crippen LogP contribution in [0.25, 0.3) is 0 Å². The van der Waals surface area contributed by atoms with Gasteiger partial charge in [0.1, 0.15) is 12.4 Å². The zero-order chi connectivity index (χ0) is 30.1. The van der Waals surface area contributed by atoms with Gasteiger partial charge in [-0.05, 0) is 133 Å². The van der Waals surface area contributed by atoms with E-state index in [1.54, 1.807) is 6.92 Å². The highest BCUT2D eigenvalue weighted by Crippen LogP contribution is 2.30. The van der Waals surface area contributed by atoms with Gasteiger partial charge in [-0.15, -0.1) is 0 Å². The van der Waals surface area contributed by atoms with Gasteiger partial charge in [-0.3, -0.25) is 4.79 Å². The molecular formula is C36H60O4. The van der Waals surface area contributed by atoms with Gasteiger partial charge in [-0.1, -0.05) is 63.5 Å². The molecule has 0 saturated heterocycles. The van der Waals surface area contributed by atoms with Crippen molar-refractivity contribution in [3.8, 4) is 5.75 Å². The topological polar surface area (TPSA) is 66.8 Å². The fraction of sp³-hybridized carbons (Fsp3) is 0.694. The Morgan fingerprint density at radius 1 is 1.00 bits per heavy atom. The lowest BCUT2D eigenvalue weighted by atomic mass is 9.90. The third kappa shape index (κ3) is 15.1. The number of aliphatic hydroxyl groups is 1. The van der Waals surface area contributed by atoms with Crippen molar-refractivity contribution in [2.45, 2.75) is 144 Å². The summed E-state index contributed by atoms with van der Waals surface area (Å²) in [5, 5.41) is 20.0. The number of ether oxygens (including phenoxy) is 1. The van der Waals surface area contributed by atoms with Crippen LogP contribution >= 0.6 is 0 Å². The molecule has 4 nitrogen and oxygen atoms in total. The molecule has 40 heavy (non-hydrogen) atoms. The van der Waals surface area contributed by atoms with E-state index < -0.39 is 11.6 Å². The van der Waals surface area contributed by atoms with Crippen molar-refractivity contribution < 1.29 is 19.7 Å². The summed E-state index contributed by atoms with van der Waals surface area (Å²) in [5.74, 6) is 0.608. The van der Waals surface area contributed by atoms with E-state index in [9.17, 15) is 9.90 Å². The number of allylic oxidation sites excluding steroid dienone is 3. The number of hydrogen-bond acceptors (Lipinski definition) is 3. The number of carboxylic acids is 1. The van der Waals surface area contributed by atoms with Crippen LogP contribution in [0.4, 0.5) is 0 Å². The van der Waals surface area contributed by atoms with Crippen molar-refractivity contribution in [2.75, 3.05) is 6.61 Å². The molecular weight excluding hydrogens is 496 g/mol. The molecule has 0 aliphatic carbocycles. The van der Waals surface area contributed by atoms with Crippen LogP contribution in [0.2, 0.25) is 0 Å². The molecule has 2 N–H and O–H groups in total. The minimum atomic E-state index is -0.768. The summed E-state index contributed by atoms with van der Waals surface area (Å²) < 4.78 is 6.59. The fourth-order valence-electron chi connectivity index (χ4n) is 5.09. The van der Waals surface area contributed by atoms with Crippen LogP contribution < -0.4 is 4.74 Å². The maximum atomic E-state index is 11.1. The zero-order valence-corrected chi connectivity index (χ0v) is 27.1. The van der Waals surface area contributed by atoms with E-state index in [0.717, 1.165) is 50.7 Å². The highest BCUT2D eigenvalue weighted by Gasteiger charge is 2.21. The van der Waals surface area contributed by atoms with Gasteiger partial charge in [0.25, 0.3) is 0 Å². The number of benzene rings is 1. The van der Waals surface area contributed by atoms with E-state index >= 15 is 0 Å². The number of hydrogen-bond donors (Lipinski definition) is 2. The summed E-state index contributed by atoms with van der Waals surface area (Å²) >= 11 is 0.